The number of benzene rings is 3. The molecule has 4 rings (SSSR count). The Labute approximate surface area is 267 Å². The molecular formula is C36H44N2O6Si. The van der Waals surface area contributed by atoms with Crippen LogP contribution in [0, 0.1) is 0 Å². The maximum Gasteiger partial charge on any atom is 0.370 e. The first-order valence-electron chi connectivity index (χ1n) is 15.5. The van der Waals surface area contributed by atoms with Crippen LogP contribution in [0.1, 0.15) is 52.5 Å². The molecule has 0 radical (unpaired) electrons. The van der Waals surface area contributed by atoms with Crippen LogP contribution >= 0.6 is 0 Å². The van der Waals surface area contributed by atoms with Crippen LogP contribution in [0.15, 0.2) is 103 Å². The Morgan fingerprint density at radius 1 is 0.844 bits per heavy atom. The van der Waals surface area contributed by atoms with Gasteiger partial charge < -0.3 is 24.9 Å². The molecule has 45 heavy (non-hydrogen) atoms. The minimum absolute atomic E-state index is 0.384. The van der Waals surface area contributed by atoms with E-state index in [0.717, 1.165) is 36.1 Å². The maximum atomic E-state index is 13.6. The SMILES string of the molecule is CC(=O)N[C@@H]1[C@H](O[Si](c2ccccc2)(c2ccccc2)C(C)(C)C)C=C(C(=O)O)O[C@H]1C(=O)NCCCCCc1ccccc1. The molecule has 0 aromatic heterocycles. The summed E-state index contributed by atoms with van der Waals surface area (Å²) in [6.45, 7) is 8.08. The quantitative estimate of drug-likeness (QED) is 0.192. The average molecular weight is 629 g/mol. The first-order valence-corrected chi connectivity index (χ1v) is 17.4. The van der Waals surface area contributed by atoms with Crippen molar-refractivity contribution in [3.8, 4) is 0 Å². The first kappa shape index (κ1) is 33.7. The van der Waals surface area contributed by atoms with Crippen molar-refractivity contribution >= 4 is 36.5 Å². The summed E-state index contributed by atoms with van der Waals surface area (Å²) in [7, 11) is -3.20. The number of nitrogens with one attached hydrogen (secondary N) is 2. The van der Waals surface area contributed by atoms with E-state index in [-0.39, 0.29) is 11.7 Å². The Morgan fingerprint density at radius 2 is 1.40 bits per heavy atom. The van der Waals surface area contributed by atoms with E-state index < -0.39 is 43.5 Å². The topological polar surface area (TPSA) is 114 Å². The molecule has 3 aromatic rings. The van der Waals surface area contributed by atoms with Gasteiger partial charge in [0.1, 0.15) is 6.04 Å². The lowest BCUT2D eigenvalue weighted by molar-refractivity contribution is -0.145. The summed E-state index contributed by atoms with van der Waals surface area (Å²) >= 11 is 0. The molecule has 3 N–H and O–H groups in total. The van der Waals surface area contributed by atoms with Gasteiger partial charge in [0.2, 0.25) is 11.7 Å². The number of rotatable bonds is 13. The number of aliphatic carboxylic acids is 1. The molecular weight excluding hydrogens is 584 g/mol. The Bertz CT molecular complexity index is 1420. The largest absolute Gasteiger partial charge is 0.475 e. The molecule has 1 heterocycles. The third-order valence-corrected chi connectivity index (χ3v) is 13.1. The zero-order valence-corrected chi connectivity index (χ0v) is 27.5. The fourth-order valence-corrected chi connectivity index (χ4v) is 10.6. The number of carbonyl (C=O) groups excluding carboxylic acids is 2. The summed E-state index contributed by atoms with van der Waals surface area (Å²) in [5.74, 6) is -2.58. The van der Waals surface area contributed by atoms with Gasteiger partial charge in [-0.05, 0) is 46.3 Å². The van der Waals surface area contributed by atoms with Crippen LogP contribution in [0.25, 0.3) is 0 Å². The molecule has 8 nitrogen and oxygen atoms in total. The van der Waals surface area contributed by atoms with Crippen LogP contribution in [0.3, 0.4) is 0 Å². The maximum absolute atomic E-state index is 13.6. The smallest absolute Gasteiger partial charge is 0.370 e. The van der Waals surface area contributed by atoms with E-state index >= 15 is 0 Å². The highest BCUT2D eigenvalue weighted by Crippen LogP contribution is 2.39. The van der Waals surface area contributed by atoms with E-state index in [9.17, 15) is 19.5 Å². The molecule has 2 amide bonds. The molecule has 3 atom stereocenters. The number of amides is 2. The summed E-state index contributed by atoms with van der Waals surface area (Å²) in [5.41, 5.74) is 1.27. The van der Waals surface area contributed by atoms with Crippen molar-refractivity contribution in [3.63, 3.8) is 0 Å². The molecule has 0 fully saturated rings. The molecule has 3 aromatic carbocycles. The summed E-state index contributed by atoms with van der Waals surface area (Å²) in [4.78, 5) is 38.4. The highest BCUT2D eigenvalue weighted by Gasteiger charge is 2.54. The van der Waals surface area contributed by atoms with Crippen molar-refractivity contribution in [2.75, 3.05) is 6.54 Å². The van der Waals surface area contributed by atoms with Gasteiger partial charge >= 0.3 is 5.97 Å². The van der Waals surface area contributed by atoms with Crippen LogP contribution in [-0.2, 0) is 30.0 Å². The second-order valence-corrected chi connectivity index (χ2v) is 16.7. The average Bonchev–Trinajstić information content (AvgIpc) is 3.02. The van der Waals surface area contributed by atoms with Gasteiger partial charge in [-0.25, -0.2) is 4.79 Å². The van der Waals surface area contributed by atoms with Crippen molar-refractivity contribution < 1.29 is 28.7 Å². The number of aryl methyl sites for hydroxylation is 1. The van der Waals surface area contributed by atoms with Crippen molar-refractivity contribution in [3.05, 3.63) is 108 Å². The molecule has 0 spiro atoms. The number of carboxylic acids is 1. The van der Waals surface area contributed by atoms with Crippen LogP contribution in [-0.4, -0.2) is 56.0 Å². The highest BCUT2D eigenvalue weighted by atomic mass is 28.4. The van der Waals surface area contributed by atoms with Crippen LogP contribution < -0.4 is 21.0 Å². The van der Waals surface area contributed by atoms with E-state index in [4.69, 9.17) is 9.16 Å². The van der Waals surface area contributed by atoms with Crippen molar-refractivity contribution in [2.24, 2.45) is 0 Å². The molecule has 0 saturated carbocycles. The predicted molar refractivity (Wildman–Crippen MR) is 178 cm³/mol. The van der Waals surface area contributed by atoms with E-state index in [1.165, 1.54) is 18.6 Å². The molecule has 1 aliphatic heterocycles. The summed E-state index contributed by atoms with van der Waals surface area (Å²) in [5, 5.41) is 17.3. The van der Waals surface area contributed by atoms with Crippen molar-refractivity contribution in [2.45, 2.75) is 76.7 Å². The lowest BCUT2D eigenvalue weighted by Gasteiger charge is -2.47. The fourth-order valence-electron chi connectivity index (χ4n) is 6.00. The van der Waals surface area contributed by atoms with Gasteiger partial charge in [0.25, 0.3) is 14.2 Å². The number of carboxylic acid groups (broad SMARTS) is 1. The third kappa shape index (κ3) is 8.29. The Morgan fingerprint density at radius 3 is 1.91 bits per heavy atom. The molecule has 9 heteroatoms. The lowest BCUT2D eigenvalue weighted by Crippen LogP contribution is -2.70. The summed E-state index contributed by atoms with van der Waals surface area (Å²) < 4.78 is 13.0. The predicted octanol–water partition coefficient (Wildman–Crippen LogP) is 4.33. The number of hydrogen-bond donors (Lipinski definition) is 3. The van der Waals surface area contributed by atoms with Crippen LogP contribution in [0.5, 0.6) is 0 Å². The molecule has 0 bridgehead atoms. The van der Waals surface area contributed by atoms with Gasteiger partial charge in [0.15, 0.2) is 6.10 Å². The Kier molecular flexibility index (Phi) is 11.4. The highest BCUT2D eigenvalue weighted by molar-refractivity contribution is 6.99. The zero-order valence-electron chi connectivity index (χ0n) is 26.5. The van der Waals surface area contributed by atoms with Crippen molar-refractivity contribution in [1.29, 1.82) is 0 Å². The molecule has 0 saturated heterocycles. The Hall–Kier alpha value is -4.21. The summed E-state index contributed by atoms with van der Waals surface area (Å²) in [6.07, 6.45) is 2.71. The van der Waals surface area contributed by atoms with E-state index in [0.29, 0.717) is 6.54 Å². The monoisotopic (exact) mass is 628 g/mol. The lowest BCUT2D eigenvalue weighted by atomic mass is 9.99. The number of ether oxygens (including phenoxy) is 1. The standard InChI is InChI=1S/C36H44N2O6Si/c1-26(39)38-32-30(44-45(36(2,3)4,28-20-12-6-13-21-28)29-22-14-7-15-23-29)25-31(35(41)42)43-33(32)34(40)37-24-16-8-11-19-27-17-9-5-10-18-27/h5-7,9-10,12-15,17-18,20-23,25,30,32-33H,8,11,16,19,24H2,1-4H3,(H,37,40)(H,38,39)(H,41,42)/t30-,32-,33-/m1/s1. The third-order valence-electron chi connectivity index (χ3n) is 8.10. The number of hydrogen-bond acceptors (Lipinski definition) is 5. The second kappa shape index (κ2) is 15.2. The minimum atomic E-state index is -3.20. The normalized spacial score (nSPS) is 18.3. The Balaban J connectivity index is 1.62. The number of unbranched alkanes of at least 4 members (excludes halogenated alkanes) is 2. The van der Waals surface area contributed by atoms with Gasteiger partial charge in [-0.3, -0.25) is 9.59 Å². The van der Waals surface area contributed by atoms with Gasteiger partial charge in [-0.2, -0.15) is 0 Å². The molecule has 0 unspecified atom stereocenters. The van der Waals surface area contributed by atoms with Gasteiger partial charge in [-0.1, -0.05) is 118 Å². The second-order valence-electron chi connectivity index (χ2n) is 12.4. The van der Waals surface area contributed by atoms with E-state index in [2.05, 4.69) is 43.5 Å². The van der Waals surface area contributed by atoms with Crippen molar-refractivity contribution in [1.82, 2.24) is 10.6 Å². The van der Waals surface area contributed by atoms with E-state index in [1.54, 1.807) is 0 Å². The van der Waals surface area contributed by atoms with Gasteiger partial charge in [0.05, 0.1) is 6.10 Å². The molecule has 0 aliphatic carbocycles. The molecule has 1 aliphatic rings. The minimum Gasteiger partial charge on any atom is -0.475 e. The molecule has 238 valence electrons. The van der Waals surface area contributed by atoms with Crippen LogP contribution in [0.4, 0.5) is 0 Å². The van der Waals surface area contributed by atoms with E-state index in [1.807, 2.05) is 78.9 Å². The summed E-state index contributed by atoms with van der Waals surface area (Å²) in [6, 6.07) is 29.1. The zero-order chi connectivity index (χ0) is 32.5. The fraction of sp³-hybridized carbons (Fsp3) is 0.361. The van der Waals surface area contributed by atoms with Crippen LogP contribution in [0.2, 0.25) is 5.04 Å². The van der Waals surface area contributed by atoms with Gasteiger partial charge in [-0.15, -0.1) is 0 Å². The van der Waals surface area contributed by atoms with Gasteiger partial charge in [0, 0.05) is 13.5 Å². The number of carbonyl (C=O) groups is 3. The first-order chi connectivity index (χ1) is 21.5.